The van der Waals surface area contributed by atoms with Gasteiger partial charge in [0.25, 0.3) is 0 Å². The number of carbonyl (C=O) groups excluding carboxylic acids is 1. The lowest BCUT2D eigenvalue weighted by atomic mass is 10.1. The molecule has 2 aromatic carbocycles. The topological polar surface area (TPSA) is 93.5 Å². The summed E-state index contributed by atoms with van der Waals surface area (Å²) in [6, 6.07) is 13.9. The number of carbonyl (C=O) groups is 1. The van der Waals surface area contributed by atoms with Crippen LogP contribution >= 0.6 is 0 Å². The summed E-state index contributed by atoms with van der Waals surface area (Å²) in [7, 11) is 2.96. The monoisotopic (exact) mass is 339 g/mol. The van der Waals surface area contributed by atoms with Gasteiger partial charge in [0.15, 0.2) is 11.5 Å². The summed E-state index contributed by atoms with van der Waals surface area (Å²) in [5.74, 6) is 0.230. The van der Waals surface area contributed by atoms with Crippen LogP contribution in [-0.4, -0.2) is 20.2 Å². The van der Waals surface area contributed by atoms with Crippen molar-refractivity contribution in [1.29, 1.82) is 0 Å². The molecule has 0 heterocycles. The zero-order valence-electron chi connectivity index (χ0n) is 14.1. The first-order valence-corrected chi connectivity index (χ1v) is 7.36. The zero-order chi connectivity index (χ0) is 18.2. The maximum atomic E-state index is 12.5. The van der Waals surface area contributed by atoms with E-state index in [4.69, 9.17) is 19.7 Å². The minimum Gasteiger partial charge on any atom is -0.497 e. The highest BCUT2D eigenvalue weighted by molar-refractivity contribution is 5.98. The summed E-state index contributed by atoms with van der Waals surface area (Å²) in [6.45, 7) is 1.68. The van der Waals surface area contributed by atoms with Gasteiger partial charge in [0.05, 0.1) is 14.2 Å². The van der Waals surface area contributed by atoms with Crippen molar-refractivity contribution in [1.82, 2.24) is 0 Å². The summed E-state index contributed by atoms with van der Waals surface area (Å²) in [6.07, 6.45) is 0. The highest BCUT2D eigenvalue weighted by atomic mass is 16.6. The second-order valence-electron chi connectivity index (χ2n) is 4.94. The van der Waals surface area contributed by atoms with Crippen molar-refractivity contribution in [3.63, 3.8) is 0 Å². The van der Waals surface area contributed by atoms with E-state index < -0.39 is 5.97 Å². The lowest BCUT2D eigenvalue weighted by Crippen LogP contribution is -2.12. The molecular weight excluding hydrogens is 322 g/mol. The van der Waals surface area contributed by atoms with Gasteiger partial charge in [-0.25, -0.2) is 4.79 Å². The third kappa shape index (κ3) is 4.31. The van der Waals surface area contributed by atoms with E-state index >= 15 is 0 Å². The summed E-state index contributed by atoms with van der Waals surface area (Å²) < 4.78 is 15.7. The first-order valence-electron chi connectivity index (χ1n) is 7.36. The standard InChI is InChI=1S/C18H17N3O4/c1-12(13-7-5-4-6-8-13)17(20-21-19)18(22)25-16-11-14(23-2)9-10-15(16)24-3/h4-11H,1-3H3. The quantitative estimate of drug-likeness (QED) is 0.195. The van der Waals surface area contributed by atoms with E-state index in [1.807, 2.05) is 30.3 Å². The molecule has 7 heteroatoms. The van der Waals surface area contributed by atoms with E-state index in [9.17, 15) is 4.79 Å². The van der Waals surface area contributed by atoms with Crippen LogP contribution in [0.2, 0.25) is 0 Å². The molecule has 0 spiro atoms. The van der Waals surface area contributed by atoms with Crippen LogP contribution in [0, 0.1) is 0 Å². The molecule has 25 heavy (non-hydrogen) atoms. The second kappa shape index (κ2) is 8.42. The van der Waals surface area contributed by atoms with Gasteiger partial charge in [-0.1, -0.05) is 35.4 Å². The Morgan fingerprint density at radius 3 is 2.36 bits per heavy atom. The van der Waals surface area contributed by atoms with Crippen LogP contribution in [0.15, 0.2) is 59.3 Å². The van der Waals surface area contributed by atoms with Crippen LogP contribution in [0.1, 0.15) is 12.5 Å². The third-order valence-corrected chi connectivity index (χ3v) is 3.47. The Morgan fingerprint density at radius 2 is 1.76 bits per heavy atom. The summed E-state index contributed by atoms with van der Waals surface area (Å²) in [4.78, 5) is 15.3. The van der Waals surface area contributed by atoms with Crippen molar-refractivity contribution >= 4 is 11.5 Å². The molecule has 2 aromatic rings. The highest BCUT2D eigenvalue weighted by Crippen LogP contribution is 2.32. The molecule has 0 aromatic heterocycles. The number of methoxy groups -OCH3 is 2. The minimum atomic E-state index is -0.786. The number of benzene rings is 2. The number of ether oxygens (including phenoxy) is 3. The summed E-state index contributed by atoms with van der Waals surface area (Å²) in [5.41, 5.74) is 9.93. The molecule has 0 unspecified atom stereocenters. The van der Waals surface area contributed by atoms with Gasteiger partial charge >= 0.3 is 5.97 Å². The fraction of sp³-hybridized carbons (Fsp3) is 0.167. The van der Waals surface area contributed by atoms with Crippen LogP contribution < -0.4 is 14.2 Å². The molecule has 0 bridgehead atoms. The van der Waals surface area contributed by atoms with Crippen molar-refractivity contribution in [3.05, 3.63) is 70.2 Å². The minimum absolute atomic E-state index is 0.126. The first kappa shape index (κ1) is 17.9. The van der Waals surface area contributed by atoms with Crippen molar-refractivity contribution in [3.8, 4) is 17.2 Å². The van der Waals surface area contributed by atoms with Crippen LogP contribution in [0.4, 0.5) is 0 Å². The van der Waals surface area contributed by atoms with E-state index in [2.05, 4.69) is 10.0 Å². The number of hydrogen-bond acceptors (Lipinski definition) is 5. The smallest absolute Gasteiger partial charge is 0.346 e. The van der Waals surface area contributed by atoms with Crippen LogP contribution in [0.3, 0.4) is 0 Å². The van der Waals surface area contributed by atoms with Crippen LogP contribution in [-0.2, 0) is 4.79 Å². The number of azide groups is 1. The van der Waals surface area contributed by atoms with Crippen molar-refractivity contribution < 1.29 is 19.0 Å². The Hall–Kier alpha value is -3.44. The fourth-order valence-electron chi connectivity index (χ4n) is 2.15. The number of nitrogens with zero attached hydrogens (tertiary/aromatic N) is 3. The van der Waals surface area contributed by atoms with Crippen molar-refractivity contribution in [2.45, 2.75) is 6.92 Å². The Bertz CT molecular complexity index is 841. The lowest BCUT2D eigenvalue weighted by Gasteiger charge is -2.12. The molecule has 0 saturated heterocycles. The Balaban J connectivity index is 2.41. The average Bonchev–Trinajstić information content (AvgIpc) is 2.66. The first-order chi connectivity index (χ1) is 12.1. The molecule has 2 rings (SSSR count). The maximum absolute atomic E-state index is 12.5. The van der Waals surface area contributed by atoms with Gasteiger partial charge in [0.1, 0.15) is 11.4 Å². The molecule has 0 aliphatic carbocycles. The molecule has 0 aliphatic rings. The van der Waals surface area contributed by atoms with Gasteiger partial charge in [0, 0.05) is 11.0 Å². The van der Waals surface area contributed by atoms with Crippen LogP contribution in [0.5, 0.6) is 17.2 Å². The Kier molecular flexibility index (Phi) is 6.03. The van der Waals surface area contributed by atoms with E-state index in [0.717, 1.165) is 5.56 Å². The van der Waals surface area contributed by atoms with Gasteiger partial charge in [-0.15, -0.1) is 0 Å². The molecule has 0 saturated carbocycles. The third-order valence-electron chi connectivity index (χ3n) is 3.47. The number of rotatable bonds is 6. The van der Waals surface area contributed by atoms with Crippen LogP contribution in [0.25, 0.3) is 16.0 Å². The van der Waals surface area contributed by atoms with Gasteiger partial charge in [-0.05, 0) is 35.7 Å². The van der Waals surface area contributed by atoms with E-state index in [0.29, 0.717) is 17.1 Å². The lowest BCUT2D eigenvalue weighted by molar-refractivity contribution is -0.130. The number of hydrogen-bond donors (Lipinski definition) is 0. The Morgan fingerprint density at radius 1 is 1.04 bits per heavy atom. The zero-order valence-corrected chi connectivity index (χ0v) is 14.1. The summed E-state index contributed by atoms with van der Waals surface area (Å²) >= 11 is 0. The number of esters is 1. The molecular formula is C18H17N3O4. The SMILES string of the molecule is COc1ccc(OC)c(OC(=O)C(N=[N+]=[N-])=C(C)c2ccccc2)c1. The molecule has 0 atom stereocenters. The van der Waals surface area contributed by atoms with Gasteiger partial charge in [0.2, 0.25) is 0 Å². The van der Waals surface area contributed by atoms with Gasteiger partial charge in [-0.3, -0.25) is 0 Å². The molecule has 0 radical (unpaired) electrons. The van der Waals surface area contributed by atoms with E-state index in [-0.39, 0.29) is 11.4 Å². The number of allylic oxidation sites excluding steroid dienone is 1. The predicted molar refractivity (Wildman–Crippen MR) is 93.4 cm³/mol. The predicted octanol–water partition coefficient (Wildman–Crippen LogP) is 4.35. The van der Waals surface area contributed by atoms with E-state index in [1.165, 1.54) is 20.3 Å². The molecule has 0 fully saturated rings. The van der Waals surface area contributed by atoms with Crippen molar-refractivity contribution in [2.75, 3.05) is 14.2 Å². The molecule has 128 valence electrons. The molecule has 0 N–H and O–H groups in total. The summed E-state index contributed by atoms with van der Waals surface area (Å²) in [5, 5.41) is 3.51. The molecule has 0 aliphatic heterocycles. The second-order valence-corrected chi connectivity index (χ2v) is 4.94. The fourth-order valence-corrected chi connectivity index (χ4v) is 2.15. The average molecular weight is 339 g/mol. The normalized spacial score (nSPS) is 11.0. The molecule has 0 amide bonds. The highest BCUT2D eigenvalue weighted by Gasteiger charge is 2.18. The van der Waals surface area contributed by atoms with Crippen molar-refractivity contribution in [2.24, 2.45) is 5.11 Å². The molecule has 7 nitrogen and oxygen atoms in total. The van der Waals surface area contributed by atoms with Gasteiger partial charge < -0.3 is 14.2 Å². The Labute approximate surface area is 145 Å². The van der Waals surface area contributed by atoms with E-state index in [1.54, 1.807) is 19.1 Å². The largest absolute Gasteiger partial charge is 0.497 e. The maximum Gasteiger partial charge on any atom is 0.346 e. The van der Waals surface area contributed by atoms with Gasteiger partial charge in [-0.2, -0.15) is 0 Å².